The first-order chi connectivity index (χ1) is 15.2. The summed E-state index contributed by atoms with van der Waals surface area (Å²) in [6, 6.07) is 13.9. The van der Waals surface area contributed by atoms with Gasteiger partial charge in [-0.15, -0.1) is 0 Å². The van der Waals surface area contributed by atoms with E-state index in [1.165, 1.54) is 35.4 Å². The number of anilines is 1. The van der Waals surface area contributed by atoms with Gasteiger partial charge in [-0.2, -0.15) is 0 Å². The SMILES string of the molecule is Cc1ccc(-n2c(C)cc(C=C3C(=O)NC(=S)N(c4ccccc4F)C3=O)c2C)cc1C. The van der Waals surface area contributed by atoms with Crippen LogP contribution in [0.15, 0.2) is 54.1 Å². The molecule has 4 rings (SSSR count). The van der Waals surface area contributed by atoms with Gasteiger partial charge in [-0.1, -0.05) is 18.2 Å². The van der Waals surface area contributed by atoms with E-state index in [-0.39, 0.29) is 16.4 Å². The van der Waals surface area contributed by atoms with Crippen LogP contribution < -0.4 is 10.2 Å². The van der Waals surface area contributed by atoms with Crippen LogP contribution in [0, 0.1) is 33.5 Å². The second-order valence-electron chi connectivity index (χ2n) is 7.84. The monoisotopic (exact) mass is 447 g/mol. The lowest BCUT2D eigenvalue weighted by atomic mass is 10.1. The number of nitrogens with one attached hydrogen (secondary N) is 1. The van der Waals surface area contributed by atoms with Gasteiger partial charge in [-0.25, -0.2) is 9.29 Å². The lowest BCUT2D eigenvalue weighted by molar-refractivity contribution is -0.122. The number of hydrogen-bond donors (Lipinski definition) is 1. The second kappa shape index (κ2) is 8.16. The first-order valence-corrected chi connectivity index (χ1v) is 10.5. The van der Waals surface area contributed by atoms with Gasteiger partial charge in [0.15, 0.2) is 5.11 Å². The van der Waals surface area contributed by atoms with Gasteiger partial charge >= 0.3 is 0 Å². The van der Waals surface area contributed by atoms with Gasteiger partial charge in [0.05, 0.1) is 5.69 Å². The number of carbonyl (C=O) groups is 2. The van der Waals surface area contributed by atoms with Crippen LogP contribution in [0.3, 0.4) is 0 Å². The Labute approximate surface area is 191 Å². The molecule has 2 aromatic carbocycles. The third-order valence-electron chi connectivity index (χ3n) is 5.71. The number of aromatic nitrogens is 1. The van der Waals surface area contributed by atoms with Crippen molar-refractivity contribution in [3.05, 3.63) is 88.0 Å². The summed E-state index contributed by atoms with van der Waals surface area (Å²) in [6.45, 7) is 8.01. The van der Waals surface area contributed by atoms with Gasteiger partial charge in [0, 0.05) is 17.1 Å². The topological polar surface area (TPSA) is 54.3 Å². The van der Waals surface area contributed by atoms with Crippen LogP contribution in [0.4, 0.5) is 10.1 Å². The highest BCUT2D eigenvalue weighted by Gasteiger charge is 2.35. The molecule has 0 aliphatic carbocycles. The van der Waals surface area contributed by atoms with Crippen LogP contribution in [0.25, 0.3) is 11.8 Å². The van der Waals surface area contributed by atoms with E-state index in [9.17, 15) is 14.0 Å². The molecule has 5 nitrogen and oxygen atoms in total. The van der Waals surface area contributed by atoms with Gasteiger partial charge in [0.25, 0.3) is 11.8 Å². The van der Waals surface area contributed by atoms with Gasteiger partial charge in [0.2, 0.25) is 0 Å². The maximum Gasteiger partial charge on any atom is 0.270 e. The summed E-state index contributed by atoms with van der Waals surface area (Å²) in [7, 11) is 0. The quantitative estimate of drug-likeness (QED) is 0.360. The molecule has 1 saturated heterocycles. The fraction of sp³-hybridized carbons (Fsp3) is 0.160. The molecule has 2 amide bonds. The van der Waals surface area contributed by atoms with Crippen molar-refractivity contribution in [2.24, 2.45) is 0 Å². The molecule has 1 aliphatic rings. The van der Waals surface area contributed by atoms with Crippen molar-refractivity contribution in [2.75, 3.05) is 4.90 Å². The van der Waals surface area contributed by atoms with Crippen molar-refractivity contribution in [3.8, 4) is 5.69 Å². The predicted octanol–water partition coefficient (Wildman–Crippen LogP) is 4.68. The van der Waals surface area contributed by atoms with Crippen LogP contribution in [0.1, 0.15) is 28.1 Å². The van der Waals surface area contributed by atoms with Crippen LogP contribution in [-0.4, -0.2) is 21.5 Å². The number of amides is 2. The lowest BCUT2D eigenvalue weighted by Gasteiger charge is -2.29. The highest BCUT2D eigenvalue weighted by atomic mass is 32.1. The first kappa shape index (κ1) is 21.6. The van der Waals surface area contributed by atoms with Gasteiger partial charge in [-0.05, 0) is 93.0 Å². The minimum Gasteiger partial charge on any atom is -0.318 e. The number of aryl methyl sites for hydroxylation is 3. The molecule has 1 aromatic heterocycles. The molecule has 3 aromatic rings. The van der Waals surface area contributed by atoms with Crippen LogP contribution >= 0.6 is 12.2 Å². The number of para-hydroxylation sites is 1. The average Bonchev–Trinajstić information content (AvgIpc) is 3.01. The molecule has 0 saturated carbocycles. The smallest absolute Gasteiger partial charge is 0.270 e. The molecule has 0 atom stereocenters. The number of carbonyl (C=O) groups excluding carboxylic acids is 2. The third kappa shape index (κ3) is 3.65. The Balaban J connectivity index is 1.78. The fourth-order valence-corrected chi connectivity index (χ4v) is 4.13. The molecular weight excluding hydrogens is 425 g/mol. The van der Waals surface area contributed by atoms with E-state index in [1.54, 1.807) is 6.07 Å². The Kier molecular flexibility index (Phi) is 5.52. The highest BCUT2D eigenvalue weighted by Crippen LogP contribution is 2.27. The zero-order chi connectivity index (χ0) is 23.2. The minimum absolute atomic E-state index is 0.00555. The van der Waals surface area contributed by atoms with Gasteiger partial charge < -0.3 is 4.57 Å². The van der Waals surface area contributed by atoms with E-state index in [4.69, 9.17) is 12.2 Å². The molecule has 0 spiro atoms. The average molecular weight is 448 g/mol. The van der Waals surface area contributed by atoms with Crippen molar-refractivity contribution >= 4 is 40.9 Å². The number of rotatable bonds is 3. The van der Waals surface area contributed by atoms with E-state index >= 15 is 0 Å². The number of halogens is 1. The lowest BCUT2D eigenvalue weighted by Crippen LogP contribution is -2.54. The molecule has 2 heterocycles. The molecule has 1 N–H and O–H groups in total. The van der Waals surface area contributed by atoms with E-state index in [0.29, 0.717) is 0 Å². The summed E-state index contributed by atoms with van der Waals surface area (Å²) in [5.74, 6) is -1.88. The number of nitrogens with zero attached hydrogens (tertiary/aromatic N) is 2. The standard InChI is InChI=1S/C25H22FN3O2S/c1-14-9-10-19(11-15(14)2)28-16(3)12-18(17(28)4)13-20-23(30)27-25(32)29(24(20)31)22-8-6-5-7-21(22)26/h5-13H,1-4H3,(H,27,30,32). The normalized spacial score (nSPS) is 15.5. The fourth-order valence-electron chi connectivity index (χ4n) is 3.86. The maximum absolute atomic E-state index is 14.4. The molecule has 0 bridgehead atoms. The zero-order valence-electron chi connectivity index (χ0n) is 18.2. The Morgan fingerprint density at radius 2 is 1.69 bits per heavy atom. The molecule has 7 heteroatoms. The van der Waals surface area contributed by atoms with Crippen molar-refractivity contribution in [1.29, 1.82) is 0 Å². The third-order valence-corrected chi connectivity index (χ3v) is 6.00. The largest absolute Gasteiger partial charge is 0.318 e. The molecule has 1 fully saturated rings. The summed E-state index contributed by atoms with van der Waals surface area (Å²) in [4.78, 5) is 26.8. The van der Waals surface area contributed by atoms with Crippen LogP contribution in [-0.2, 0) is 9.59 Å². The molecule has 0 radical (unpaired) electrons. The van der Waals surface area contributed by atoms with Gasteiger partial charge in [-0.3, -0.25) is 14.9 Å². The molecule has 32 heavy (non-hydrogen) atoms. The highest BCUT2D eigenvalue weighted by molar-refractivity contribution is 7.80. The Bertz CT molecular complexity index is 1320. The van der Waals surface area contributed by atoms with Crippen LogP contribution in [0.2, 0.25) is 0 Å². The molecule has 0 unspecified atom stereocenters. The van der Waals surface area contributed by atoms with E-state index < -0.39 is 17.6 Å². The Hall–Kier alpha value is -3.58. The van der Waals surface area contributed by atoms with Crippen molar-refractivity contribution in [3.63, 3.8) is 0 Å². The predicted molar refractivity (Wildman–Crippen MR) is 127 cm³/mol. The molecule has 1 aliphatic heterocycles. The summed E-state index contributed by atoms with van der Waals surface area (Å²) in [5, 5.41) is 2.35. The second-order valence-corrected chi connectivity index (χ2v) is 8.23. The van der Waals surface area contributed by atoms with Crippen molar-refractivity contribution in [1.82, 2.24) is 9.88 Å². The number of hydrogen-bond acceptors (Lipinski definition) is 3. The summed E-state index contributed by atoms with van der Waals surface area (Å²) >= 11 is 5.15. The summed E-state index contributed by atoms with van der Waals surface area (Å²) in [5.41, 5.74) is 5.82. The Morgan fingerprint density at radius 1 is 0.969 bits per heavy atom. The van der Waals surface area contributed by atoms with Crippen molar-refractivity contribution < 1.29 is 14.0 Å². The number of benzene rings is 2. The minimum atomic E-state index is -0.667. The van der Waals surface area contributed by atoms with Crippen LogP contribution in [0.5, 0.6) is 0 Å². The van der Waals surface area contributed by atoms with Crippen molar-refractivity contribution in [2.45, 2.75) is 27.7 Å². The first-order valence-electron chi connectivity index (χ1n) is 10.1. The number of thiocarbonyl (C=S) groups is 1. The maximum atomic E-state index is 14.4. The molecule has 162 valence electrons. The van der Waals surface area contributed by atoms with Gasteiger partial charge in [0.1, 0.15) is 11.4 Å². The summed E-state index contributed by atoms with van der Waals surface area (Å²) in [6.07, 6.45) is 1.53. The Morgan fingerprint density at radius 3 is 2.38 bits per heavy atom. The zero-order valence-corrected chi connectivity index (χ0v) is 19.0. The van der Waals surface area contributed by atoms with E-state index in [0.717, 1.165) is 27.5 Å². The summed E-state index contributed by atoms with van der Waals surface area (Å²) < 4.78 is 16.4. The van der Waals surface area contributed by atoms with E-state index in [2.05, 4.69) is 35.9 Å². The van der Waals surface area contributed by atoms with E-state index in [1.807, 2.05) is 26.0 Å². The molecular formula is C25H22FN3O2S.